The summed E-state index contributed by atoms with van der Waals surface area (Å²) in [4.78, 5) is 41.8. The lowest BCUT2D eigenvalue weighted by molar-refractivity contribution is -0.384. The van der Waals surface area contributed by atoms with Crippen molar-refractivity contribution < 1.29 is 9.66 Å². The molecule has 152 valence electrons. The van der Waals surface area contributed by atoms with Crippen molar-refractivity contribution >= 4 is 27.6 Å². The van der Waals surface area contributed by atoms with Crippen LogP contribution < -0.4 is 11.0 Å². The molecule has 9 nitrogen and oxygen atoms in total. The summed E-state index contributed by atoms with van der Waals surface area (Å²) in [5.74, 6) is 0.235. The fourth-order valence-corrected chi connectivity index (χ4v) is 3.56. The summed E-state index contributed by atoms with van der Waals surface area (Å²) in [7, 11) is 3.23. The van der Waals surface area contributed by atoms with E-state index in [-0.39, 0.29) is 35.7 Å². The second kappa shape index (κ2) is 7.53. The molecule has 0 unspecified atom stereocenters. The van der Waals surface area contributed by atoms with E-state index in [1.807, 2.05) is 0 Å². The van der Waals surface area contributed by atoms with Crippen molar-refractivity contribution in [2.75, 3.05) is 13.7 Å². The standard InChI is InChI=1S/C21H18N4O5/c1-23-16-9-4-3-8-15(16)18(26)17-20(23)22-19(24(21(17)27)10-11-30-2)13-6-5-7-14(12-13)25(28)29/h3-9,12H,10-11H2,1-2H3. The molecule has 0 spiro atoms. The number of para-hydroxylation sites is 1. The molecular weight excluding hydrogens is 388 g/mol. The summed E-state index contributed by atoms with van der Waals surface area (Å²) in [6.07, 6.45) is 0. The SMILES string of the molecule is COCCn1c(-c2cccc([N+](=O)[O-])c2)nc2c(c(=O)c3ccccc3n2C)c1=O. The molecule has 0 amide bonds. The Morgan fingerprint density at radius 3 is 2.63 bits per heavy atom. The number of hydrogen-bond donors (Lipinski definition) is 0. The lowest BCUT2D eigenvalue weighted by atomic mass is 10.1. The molecule has 0 radical (unpaired) electrons. The Labute approximate surface area is 169 Å². The van der Waals surface area contributed by atoms with Gasteiger partial charge in [0.05, 0.1) is 23.6 Å². The van der Waals surface area contributed by atoms with Crippen LogP contribution in [0, 0.1) is 10.1 Å². The average Bonchev–Trinajstić information content (AvgIpc) is 2.76. The summed E-state index contributed by atoms with van der Waals surface area (Å²) in [5, 5.41) is 11.6. The number of aromatic nitrogens is 3. The third kappa shape index (κ3) is 3.05. The number of ether oxygens (including phenoxy) is 1. The second-order valence-corrected chi connectivity index (χ2v) is 6.80. The van der Waals surface area contributed by atoms with E-state index in [0.717, 1.165) is 0 Å². The average molecular weight is 406 g/mol. The van der Waals surface area contributed by atoms with Crippen molar-refractivity contribution in [3.63, 3.8) is 0 Å². The van der Waals surface area contributed by atoms with Crippen LogP contribution in [0.2, 0.25) is 0 Å². The normalized spacial score (nSPS) is 11.3. The second-order valence-electron chi connectivity index (χ2n) is 6.80. The number of benzene rings is 2. The molecule has 0 aliphatic carbocycles. The minimum Gasteiger partial charge on any atom is -0.383 e. The molecule has 0 aliphatic rings. The fourth-order valence-electron chi connectivity index (χ4n) is 3.56. The maximum Gasteiger partial charge on any atom is 0.270 e. The predicted octanol–water partition coefficient (Wildman–Crippen LogP) is 2.47. The van der Waals surface area contributed by atoms with E-state index >= 15 is 0 Å². The maximum atomic E-state index is 13.4. The molecule has 0 aliphatic heterocycles. The van der Waals surface area contributed by atoms with Crippen LogP contribution in [-0.4, -0.2) is 32.8 Å². The molecule has 2 heterocycles. The molecule has 0 saturated carbocycles. The zero-order valence-electron chi connectivity index (χ0n) is 16.4. The van der Waals surface area contributed by atoms with Crippen LogP contribution in [0.3, 0.4) is 0 Å². The van der Waals surface area contributed by atoms with Gasteiger partial charge in [0, 0.05) is 37.2 Å². The number of fused-ring (bicyclic) bond motifs is 2. The Kier molecular flexibility index (Phi) is 4.88. The van der Waals surface area contributed by atoms with Crippen molar-refractivity contribution in [3.05, 3.63) is 79.2 Å². The number of aryl methyl sites for hydroxylation is 1. The molecule has 2 aromatic carbocycles. The van der Waals surface area contributed by atoms with Crippen molar-refractivity contribution in [1.82, 2.24) is 14.1 Å². The molecule has 0 N–H and O–H groups in total. The number of nitro benzene ring substituents is 1. The molecule has 0 saturated heterocycles. The van der Waals surface area contributed by atoms with Gasteiger partial charge in [0.15, 0.2) is 5.65 Å². The third-order valence-electron chi connectivity index (χ3n) is 5.04. The number of nitrogens with zero attached hydrogens (tertiary/aromatic N) is 4. The van der Waals surface area contributed by atoms with Crippen molar-refractivity contribution in [1.29, 1.82) is 0 Å². The number of nitro groups is 1. The number of methoxy groups -OCH3 is 1. The fraction of sp³-hybridized carbons (Fsp3) is 0.190. The van der Waals surface area contributed by atoms with Gasteiger partial charge in [-0.15, -0.1) is 0 Å². The molecule has 2 aromatic heterocycles. The van der Waals surface area contributed by atoms with E-state index in [4.69, 9.17) is 4.74 Å². The van der Waals surface area contributed by atoms with Crippen molar-refractivity contribution in [2.45, 2.75) is 6.54 Å². The first kappa shape index (κ1) is 19.5. The van der Waals surface area contributed by atoms with Gasteiger partial charge >= 0.3 is 0 Å². The van der Waals surface area contributed by atoms with Gasteiger partial charge in [0.25, 0.3) is 11.2 Å². The van der Waals surface area contributed by atoms with Crippen LogP contribution in [0.1, 0.15) is 0 Å². The first-order valence-electron chi connectivity index (χ1n) is 9.20. The quantitative estimate of drug-likeness (QED) is 0.286. The van der Waals surface area contributed by atoms with Crippen LogP contribution in [0.15, 0.2) is 58.1 Å². The monoisotopic (exact) mass is 406 g/mol. The number of rotatable bonds is 5. The van der Waals surface area contributed by atoms with Crippen LogP contribution in [-0.2, 0) is 18.3 Å². The van der Waals surface area contributed by atoms with E-state index in [1.54, 1.807) is 41.9 Å². The molecule has 0 atom stereocenters. The van der Waals surface area contributed by atoms with E-state index in [0.29, 0.717) is 16.5 Å². The molecule has 4 rings (SSSR count). The van der Waals surface area contributed by atoms with Gasteiger partial charge in [-0.1, -0.05) is 24.3 Å². The minimum absolute atomic E-state index is 0.0264. The Morgan fingerprint density at radius 2 is 1.90 bits per heavy atom. The highest BCUT2D eigenvalue weighted by Crippen LogP contribution is 2.24. The smallest absolute Gasteiger partial charge is 0.270 e. The van der Waals surface area contributed by atoms with Gasteiger partial charge in [-0.2, -0.15) is 0 Å². The highest BCUT2D eigenvalue weighted by Gasteiger charge is 2.20. The zero-order chi connectivity index (χ0) is 21.4. The largest absolute Gasteiger partial charge is 0.383 e. The van der Waals surface area contributed by atoms with Crippen LogP contribution >= 0.6 is 0 Å². The van der Waals surface area contributed by atoms with E-state index in [9.17, 15) is 19.7 Å². The van der Waals surface area contributed by atoms with Gasteiger partial charge in [-0.05, 0) is 12.1 Å². The highest BCUT2D eigenvalue weighted by atomic mass is 16.6. The Bertz CT molecular complexity index is 1420. The van der Waals surface area contributed by atoms with E-state index in [1.165, 1.54) is 29.9 Å². The number of pyridine rings is 1. The molecular formula is C21H18N4O5. The Morgan fingerprint density at radius 1 is 1.13 bits per heavy atom. The van der Waals surface area contributed by atoms with Crippen molar-refractivity contribution in [3.8, 4) is 11.4 Å². The first-order chi connectivity index (χ1) is 14.4. The van der Waals surface area contributed by atoms with Gasteiger partial charge in [0.1, 0.15) is 11.2 Å². The molecule has 9 heteroatoms. The highest BCUT2D eigenvalue weighted by molar-refractivity contribution is 5.91. The van der Waals surface area contributed by atoms with Gasteiger partial charge in [0.2, 0.25) is 5.43 Å². The summed E-state index contributed by atoms with van der Waals surface area (Å²) in [6.45, 7) is 0.356. The lowest BCUT2D eigenvalue weighted by Crippen LogP contribution is -2.30. The lowest BCUT2D eigenvalue weighted by Gasteiger charge is -2.16. The first-order valence-corrected chi connectivity index (χ1v) is 9.20. The summed E-state index contributed by atoms with van der Waals surface area (Å²) < 4.78 is 8.13. The number of non-ortho nitro benzene ring substituents is 1. The molecule has 30 heavy (non-hydrogen) atoms. The van der Waals surface area contributed by atoms with Gasteiger partial charge in [-0.3, -0.25) is 24.3 Å². The summed E-state index contributed by atoms with van der Waals surface area (Å²) >= 11 is 0. The topological polar surface area (TPSA) is 109 Å². The zero-order valence-corrected chi connectivity index (χ0v) is 16.4. The van der Waals surface area contributed by atoms with Crippen LogP contribution in [0.25, 0.3) is 33.3 Å². The Balaban J connectivity index is 2.14. The third-order valence-corrected chi connectivity index (χ3v) is 5.04. The molecule has 4 aromatic rings. The van der Waals surface area contributed by atoms with Gasteiger partial charge < -0.3 is 9.30 Å². The van der Waals surface area contributed by atoms with Crippen LogP contribution in [0.5, 0.6) is 0 Å². The Hall–Kier alpha value is -3.85. The molecule has 0 fully saturated rings. The van der Waals surface area contributed by atoms with Crippen molar-refractivity contribution in [2.24, 2.45) is 7.05 Å². The summed E-state index contributed by atoms with van der Waals surface area (Å²) in [5.41, 5.74) is 0.241. The summed E-state index contributed by atoms with van der Waals surface area (Å²) in [6, 6.07) is 12.9. The van der Waals surface area contributed by atoms with Gasteiger partial charge in [-0.25, -0.2) is 4.98 Å². The maximum absolute atomic E-state index is 13.4. The van der Waals surface area contributed by atoms with Crippen LogP contribution in [0.4, 0.5) is 5.69 Å². The number of hydrogen-bond acceptors (Lipinski definition) is 6. The van der Waals surface area contributed by atoms with E-state index in [2.05, 4.69) is 4.98 Å². The van der Waals surface area contributed by atoms with E-state index < -0.39 is 15.9 Å². The molecule has 0 bridgehead atoms. The predicted molar refractivity (Wildman–Crippen MR) is 113 cm³/mol. The minimum atomic E-state index is -0.509.